The lowest BCUT2D eigenvalue weighted by atomic mass is 9.92. The van der Waals surface area contributed by atoms with Crippen molar-refractivity contribution in [3.63, 3.8) is 0 Å². The van der Waals surface area contributed by atoms with Crippen molar-refractivity contribution in [1.82, 2.24) is 0 Å². The van der Waals surface area contributed by atoms with Crippen LogP contribution in [0.2, 0.25) is 0 Å². The summed E-state index contributed by atoms with van der Waals surface area (Å²) in [5.74, 6) is 0.570. The number of methoxy groups -OCH3 is 1. The molecule has 3 heteroatoms. The van der Waals surface area contributed by atoms with E-state index in [4.69, 9.17) is 16.3 Å². The molecule has 1 fully saturated rings. The van der Waals surface area contributed by atoms with Crippen molar-refractivity contribution in [2.75, 3.05) is 12.4 Å². The second kappa shape index (κ2) is 6.27. The minimum Gasteiger partial charge on any atom is -0.382 e. The molecule has 0 spiro atoms. The molecular formula is C14H20ClNO. The Balaban J connectivity index is 1.95. The number of anilines is 1. The lowest BCUT2D eigenvalue weighted by molar-refractivity contribution is 0.0669. The highest BCUT2D eigenvalue weighted by molar-refractivity contribution is 6.17. The Morgan fingerprint density at radius 1 is 1.41 bits per heavy atom. The molecule has 0 radical (unpaired) electrons. The monoisotopic (exact) mass is 253 g/mol. The molecule has 0 amide bonds. The standard InChI is InChI=1S/C14H20ClNO/c1-17-14-7-3-6-13(9-14)16-12-5-2-4-11(8-12)10-15/h2,4-5,8,13-14,16H,3,6-7,9-10H2,1H3. The van der Waals surface area contributed by atoms with E-state index < -0.39 is 0 Å². The molecule has 2 unspecified atom stereocenters. The maximum atomic E-state index is 5.84. The maximum Gasteiger partial charge on any atom is 0.0590 e. The predicted octanol–water partition coefficient (Wildman–Crippen LogP) is 3.79. The Morgan fingerprint density at radius 2 is 2.29 bits per heavy atom. The van der Waals surface area contributed by atoms with Gasteiger partial charge in [0.05, 0.1) is 6.10 Å². The normalized spacial score (nSPS) is 24.6. The minimum absolute atomic E-state index is 0.414. The molecule has 1 saturated carbocycles. The van der Waals surface area contributed by atoms with Gasteiger partial charge in [-0.25, -0.2) is 0 Å². The molecule has 0 aliphatic heterocycles. The summed E-state index contributed by atoms with van der Waals surface area (Å²) >= 11 is 5.84. The van der Waals surface area contributed by atoms with Crippen LogP contribution in [-0.4, -0.2) is 19.3 Å². The molecule has 0 bridgehead atoms. The smallest absolute Gasteiger partial charge is 0.0590 e. The number of nitrogens with one attached hydrogen (secondary N) is 1. The summed E-state index contributed by atoms with van der Waals surface area (Å²) in [6.07, 6.45) is 5.17. The first-order valence-electron chi connectivity index (χ1n) is 6.26. The molecule has 1 aliphatic carbocycles. The van der Waals surface area contributed by atoms with E-state index in [1.807, 2.05) is 0 Å². The van der Waals surface area contributed by atoms with Crippen molar-refractivity contribution in [3.05, 3.63) is 29.8 Å². The molecule has 0 saturated heterocycles. The van der Waals surface area contributed by atoms with Crippen LogP contribution in [0.4, 0.5) is 5.69 Å². The first kappa shape index (κ1) is 12.7. The van der Waals surface area contributed by atoms with E-state index in [9.17, 15) is 0 Å². The average Bonchev–Trinajstić information content (AvgIpc) is 2.39. The van der Waals surface area contributed by atoms with Crippen molar-refractivity contribution >= 4 is 17.3 Å². The van der Waals surface area contributed by atoms with Crippen LogP contribution in [0.25, 0.3) is 0 Å². The van der Waals surface area contributed by atoms with Gasteiger partial charge in [0, 0.05) is 24.7 Å². The molecular weight excluding hydrogens is 234 g/mol. The highest BCUT2D eigenvalue weighted by atomic mass is 35.5. The number of alkyl halides is 1. The van der Waals surface area contributed by atoms with Crippen LogP contribution in [-0.2, 0) is 10.6 Å². The van der Waals surface area contributed by atoms with E-state index in [0.29, 0.717) is 18.0 Å². The Morgan fingerprint density at radius 3 is 3.06 bits per heavy atom. The van der Waals surface area contributed by atoms with E-state index in [1.165, 1.54) is 24.9 Å². The largest absolute Gasteiger partial charge is 0.382 e. The summed E-state index contributed by atoms with van der Waals surface area (Å²) < 4.78 is 5.44. The Labute approximate surface area is 108 Å². The van der Waals surface area contributed by atoms with Crippen molar-refractivity contribution in [1.29, 1.82) is 0 Å². The predicted molar refractivity (Wildman–Crippen MR) is 72.7 cm³/mol. The van der Waals surface area contributed by atoms with E-state index in [1.54, 1.807) is 7.11 Å². The number of hydrogen-bond acceptors (Lipinski definition) is 2. The van der Waals surface area contributed by atoms with Crippen LogP contribution >= 0.6 is 11.6 Å². The highest BCUT2D eigenvalue weighted by Gasteiger charge is 2.21. The fourth-order valence-corrected chi connectivity index (χ4v) is 2.64. The maximum absolute atomic E-state index is 5.84. The summed E-state index contributed by atoms with van der Waals surface area (Å²) in [7, 11) is 1.81. The third kappa shape index (κ3) is 3.62. The summed E-state index contributed by atoms with van der Waals surface area (Å²) in [6, 6.07) is 8.86. The van der Waals surface area contributed by atoms with Gasteiger partial charge in [0.1, 0.15) is 0 Å². The SMILES string of the molecule is COC1CCCC(Nc2cccc(CCl)c2)C1. The van der Waals surface area contributed by atoms with Gasteiger partial charge in [-0.2, -0.15) is 0 Å². The van der Waals surface area contributed by atoms with E-state index in [0.717, 1.165) is 12.0 Å². The van der Waals surface area contributed by atoms with E-state index in [2.05, 4.69) is 29.6 Å². The molecule has 2 rings (SSSR count). The van der Waals surface area contributed by atoms with Gasteiger partial charge in [-0.05, 0) is 43.4 Å². The van der Waals surface area contributed by atoms with Crippen LogP contribution in [0.15, 0.2) is 24.3 Å². The lowest BCUT2D eigenvalue weighted by Crippen LogP contribution is -2.30. The van der Waals surface area contributed by atoms with Gasteiger partial charge in [-0.15, -0.1) is 11.6 Å². The molecule has 1 aliphatic rings. The van der Waals surface area contributed by atoms with Crippen LogP contribution in [0.1, 0.15) is 31.2 Å². The van der Waals surface area contributed by atoms with Gasteiger partial charge < -0.3 is 10.1 Å². The van der Waals surface area contributed by atoms with Gasteiger partial charge in [0.2, 0.25) is 0 Å². The number of hydrogen-bond donors (Lipinski definition) is 1. The zero-order valence-electron chi connectivity index (χ0n) is 10.3. The van der Waals surface area contributed by atoms with Gasteiger partial charge in [0.15, 0.2) is 0 Å². The molecule has 1 N–H and O–H groups in total. The molecule has 2 atom stereocenters. The zero-order valence-corrected chi connectivity index (χ0v) is 11.0. The quantitative estimate of drug-likeness (QED) is 0.825. The van der Waals surface area contributed by atoms with Crippen LogP contribution in [0.3, 0.4) is 0 Å². The van der Waals surface area contributed by atoms with Gasteiger partial charge in [-0.3, -0.25) is 0 Å². The number of rotatable bonds is 4. The molecule has 94 valence electrons. The van der Waals surface area contributed by atoms with Gasteiger partial charge in [0.25, 0.3) is 0 Å². The first-order chi connectivity index (χ1) is 8.31. The van der Waals surface area contributed by atoms with Crippen LogP contribution in [0, 0.1) is 0 Å². The summed E-state index contributed by atoms with van der Waals surface area (Å²) in [5, 5.41) is 3.58. The van der Waals surface area contributed by atoms with E-state index in [-0.39, 0.29) is 0 Å². The van der Waals surface area contributed by atoms with Gasteiger partial charge >= 0.3 is 0 Å². The Hall–Kier alpha value is -0.730. The van der Waals surface area contributed by atoms with Crippen LogP contribution in [0.5, 0.6) is 0 Å². The highest BCUT2D eigenvalue weighted by Crippen LogP contribution is 2.24. The Kier molecular flexibility index (Phi) is 4.69. The average molecular weight is 254 g/mol. The molecule has 1 aromatic rings. The first-order valence-corrected chi connectivity index (χ1v) is 6.79. The summed E-state index contributed by atoms with van der Waals surface area (Å²) in [5.41, 5.74) is 2.33. The number of halogens is 1. The van der Waals surface area contributed by atoms with Crippen molar-refractivity contribution in [2.24, 2.45) is 0 Å². The van der Waals surface area contributed by atoms with Crippen molar-refractivity contribution < 1.29 is 4.74 Å². The number of benzene rings is 1. The second-order valence-corrected chi connectivity index (χ2v) is 4.97. The topological polar surface area (TPSA) is 21.3 Å². The summed E-state index contributed by atoms with van der Waals surface area (Å²) in [4.78, 5) is 0. The third-order valence-corrected chi connectivity index (χ3v) is 3.72. The molecule has 0 aromatic heterocycles. The van der Waals surface area contributed by atoms with Crippen molar-refractivity contribution in [2.45, 2.75) is 43.7 Å². The van der Waals surface area contributed by atoms with Crippen molar-refractivity contribution in [3.8, 4) is 0 Å². The lowest BCUT2D eigenvalue weighted by Gasteiger charge is -2.29. The molecule has 0 heterocycles. The molecule has 1 aromatic carbocycles. The van der Waals surface area contributed by atoms with E-state index >= 15 is 0 Å². The third-order valence-electron chi connectivity index (χ3n) is 3.41. The molecule has 2 nitrogen and oxygen atoms in total. The minimum atomic E-state index is 0.414. The zero-order chi connectivity index (χ0) is 12.1. The summed E-state index contributed by atoms with van der Waals surface area (Å²) in [6.45, 7) is 0. The second-order valence-electron chi connectivity index (χ2n) is 4.70. The van der Waals surface area contributed by atoms with Gasteiger partial charge in [-0.1, -0.05) is 12.1 Å². The fraction of sp³-hybridized carbons (Fsp3) is 0.571. The number of ether oxygens (including phenoxy) is 1. The fourth-order valence-electron chi connectivity index (χ4n) is 2.47. The molecule has 17 heavy (non-hydrogen) atoms. The van der Waals surface area contributed by atoms with Crippen LogP contribution < -0.4 is 5.32 Å². The Bertz CT molecular complexity index is 356.